The molecule has 1 amide bonds. The van der Waals surface area contributed by atoms with E-state index in [-0.39, 0.29) is 5.91 Å². The van der Waals surface area contributed by atoms with Crippen LogP contribution >= 0.6 is 22.9 Å². The number of anilines is 1. The Kier molecular flexibility index (Phi) is 5.80. The molecule has 0 spiro atoms. The van der Waals surface area contributed by atoms with E-state index in [0.29, 0.717) is 13.0 Å². The molecule has 0 saturated carbocycles. The number of halogens is 1. The number of carbonyl (C=O) groups excluding carboxylic acids is 1. The van der Waals surface area contributed by atoms with Crippen LogP contribution in [0, 0.1) is 0 Å². The fourth-order valence-electron chi connectivity index (χ4n) is 3.16. The zero-order valence-corrected chi connectivity index (χ0v) is 15.6. The van der Waals surface area contributed by atoms with Crippen LogP contribution in [0.15, 0.2) is 36.4 Å². The summed E-state index contributed by atoms with van der Waals surface area (Å²) in [4.78, 5) is 17.9. The molecule has 128 valence electrons. The Morgan fingerprint density at radius 3 is 2.67 bits per heavy atom. The monoisotopic (exact) mass is 362 g/mol. The van der Waals surface area contributed by atoms with Gasteiger partial charge in [0.1, 0.15) is 0 Å². The van der Waals surface area contributed by atoms with E-state index in [2.05, 4.69) is 29.2 Å². The van der Waals surface area contributed by atoms with Gasteiger partial charge in [0.2, 0.25) is 5.91 Å². The van der Waals surface area contributed by atoms with E-state index in [1.54, 1.807) is 11.3 Å². The van der Waals surface area contributed by atoms with Crippen LogP contribution in [-0.4, -0.2) is 30.9 Å². The summed E-state index contributed by atoms with van der Waals surface area (Å²) in [6, 6.07) is 12.3. The molecule has 1 fully saturated rings. The van der Waals surface area contributed by atoms with Gasteiger partial charge in [-0.15, -0.1) is 11.3 Å². The van der Waals surface area contributed by atoms with E-state index in [1.807, 2.05) is 24.1 Å². The van der Waals surface area contributed by atoms with Crippen molar-refractivity contribution in [2.75, 3.05) is 25.0 Å². The Balaban J connectivity index is 1.59. The van der Waals surface area contributed by atoms with Gasteiger partial charge in [-0.25, -0.2) is 0 Å². The largest absolute Gasteiger partial charge is 0.371 e. The number of amides is 1. The van der Waals surface area contributed by atoms with E-state index in [1.165, 1.54) is 29.0 Å². The van der Waals surface area contributed by atoms with Crippen LogP contribution in [0.5, 0.6) is 0 Å². The van der Waals surface area contributed by atoms with Crippen molar-refractivity contribution < 1.29 is 4.79 Å². The molecule has 0 aliphatic carbocycles. The second-order valence-electron chi connectivity index (χ2n) is 6.28. The lowest BCUT2D eigenvalue weighted by molar-refractivity contribution is -0.130. The Labute approximate surface area is 152 Å². The molecule has 3 nitrogen and oxygen atoms in total. The third kappa shape index (κ3) is 4.31. The Bertz CT molecular complexity index is 694. The molecule has 0 bridgehead atoms. The molecule has 1 aliphatic heterocycles. The third-order valence-electron chi connectivity index (χ3n) is 4.49. The van der Waals surface area contributed by atoms with Gasteiger partial charge in [0.25, 0.3) is 0 Å². The summed E-state index contributed by atoms with van der Waals surface area (Å²) in [5.74, 6) is 0.177. The number of benzene rings is 1. The van der Waals surface area contributed by atoms with Crippen LogP contribution in [0.25, 0.3) is 0 Å². The first-order valence-corrected chi connectivity index (χ1v) is 9.64. The highest BCUT2D eigenvalue weighted by molar-refractivity contribution is 7.16. The van der Waals surface area contributed by atoms with Gasteiger partial charge in [-0.1, -0.05) is 29.8 Å². The van der Waals surface area contributed by atoms with Gasteiger partial charge < -0.3 is 9.80 Å². The molecular weight excluding hydrogens is 340 g/mol. The zero-order chi connectivity index (χ0) is 16.9. The zero-order valence-electron chi connectivity index (χ0n) is 14.0. The summed E-state index contributed by atoms with van der Waals surface area (Å²) in [5, 5.41) is 0. The fraction of sp³-hybridized carbons (Fsp3) is 0.421. The molecule has 5 heteroatoms. The normalized spacial score (nSPS) is 14.2. The number of para-hydroxylation sites is 1. The van der Waals surface area contributed by atoms with Gasteiger partial charge >= 0.3 is 0 Å². The number of nitrogens with zero attached hydrogens (tertiary/aromatic N) is 2. The van der Waals surface area contributed by atoms with Crippen molar-refractivity contribution in [1.82, 2.24) is 4.90 Å². The maximum atomic E-state index is 12.4. The number of rotatable bonds is 6. The molecule has 1 aliphatic rings. The Morgan fingerprint density at radius 2 is 1.96 bits per heavy atom. The van der Waals surface area contributed by atoms with Crippen molar-refractivity contribution in [3.05, 3.63) is 51.2 Å². The minimum absolute atomic E-state index is 0.177. The lowest BCUT2D eigenvalue weighted by Gasteiger charge is -2.24. The highest BCUT2D eigenvalue weighted by Gasteiger charge is 2.17. The highest BCUT2D eigenvalue weighted by atomic mass is 35.5. The van der Waals surface area contributed by atoms with Gasteiger partial charge in [0.05, 0.1) is 4.34 Å². The Morgan fingerprint density at radius 1 is 1.21 bits per heavy atom. The van der Waals surface area contributed by atoms with Gasteiger partial charge in [-0.05, 0) is 43.0 Å². The molecule has 1 aromatic carbocycles. The number of hydrogen-bond acceptors (Lipinski definition) is 3. The number of aryl methyl sites for hydroxylation is 1. The van der Waals surface area contributed by atoms with Crippen molar-refractivity contribution in [2.24, 2.45) is 0 Å². The van der Waals surface area contributed by atoms with E-state index in [0.717, 1.165) is 23.8 Å². The van der Waals surface area contributed by atoms with Crippen LogP contribution in [0.1, 0.15) is 29.7 Å². The van der Waals surface area contributed by atoms with Gasteiger partial charge in [0.15, 0.2) is 0 Å². The summed E-state index contributed by atoms with van der Waals surface area (Å²) < 4.78 is 0.783. The summed E-state index contributed by atoms with van der Waals surface area (Å²) in [5.41, 5.74) is 2.51. The predicted octanol–water partition coefficient (Wildman–Crippen LogP) is 4.59. The second kappa shape index (κ2) is 8.04. The molecule has 2 heterocycles. The molecule has 2 aromatic rings. The first-order chi connectivity index (χ1) is 11.6. The van der Waals surface area contributed by atoms with Gasteiger partial charge in [-0.2, -0.15) is 0 Å². The quantitative estimate of drug-likeness (QED) is 0.750. The summed E-state index contributed by atoms with van der Waals surface area (Å²) in [6.07, 6.45) is 3.80. The molecule has 1 aromatic heterocycles. The standard InChI is InChI=1S/C19H23ClN2OS/c1-21(19(23)11-9-16-8-10-18(20)24-16)14-15-6-2-3-7-17(15)22-12-4-5-13-22/h2-3,6-8,10H,4-5,9,11-14H2,1H3. The minimum atomic E-state index is 0.177. The molecule has 1 saturated heterocycles. The summed E-state index contributed by atoms with van der Waals surface area (Å²) >= 11 is 7.50. The average molecular weight is 363 g/mol. The van der Waals surface area contributed by atoms with Crippen LogP contribution < -0.4 is 4.90 Å². The maximum absolute atomic E-state index is 12.4. The lowest BCUT2D eigenvalue weighted by Crippen LogP contribution is -2.28. The molecular formula is C19H23ClN2OS. The van der Waals surface area contributed by atoms with Crippen molar-refractivity contribution in [3.8, 4) is 0 Å². The highest BCUT2D eigenvalue weighted by Crippen LogP contribution is 2.26. The van der Waals surface area contributed by atoms with E-state index in [9.17, 15) is 4.79 Å². The lowest BCUT2D eigenvalue weighted by atomic mass is 10.1. The molecule has 0 atom stereocenters. The van der Waals surface area contributed by atoms with E-state index >= 15 is 0 Å². The molecule has 0 unspecified atom stereocenters. The molecule has 3 rings (SSSR count). The van der Waals surface area contributed by atoms with Gasteiger partial charge in [-0.3, -0.25) is 4.79 Å². The van der Waals surface area contributed by atoms with Crippen LogP contribution in [-0.2, 0) is 17.8 Å². The van der Waals surface area contributed by atoms with Crippen LogP contribution in [0.2, 0.25) is 4.34 Å². The first-order valence-electron chi connectivity index (χ1n) is 8.44. The maximum Gasteiger partial charge on any atom is 0.222 e. The van der Waals surface area contributed by atoms with Crippen LogP contribution in [0.3, 0.4) is 0 Å². The molecule has 0 N–H and O–H groups in total. The average Bonchev–Trinajstić information content (AvgIpc) is 3.24. The van der Waals surface area contributed by atoms with Crippen molar-refractivity contribution >= 4 is 34.5 Å². The van der Waals surface area contributed by atoms with Gasteiger partial charge in [0, 0.05) is 43.7 Å². The van der Waals surface area contributed by atoms with Crippen molar-refractivity contribution in [2.45, 2.75) is 32.2 Å². The minimum Gasteiger partial charge on any atom is -0.371 e. The van der Waals surface area contributed by atoms with E-state index in [4.69, 9.17) is 11.6 Å². The van der Waals surface area contributed by atoms with Crippen LogP contribution in [0.4, 0.5) is 5.69 Å². The fourth-order valence-corrected chi connectivity index (χ4v) is 4.25. The number of hydrogen-bond donors (Lipinski definition) is 0. The first kappa shape index (κ1) is 17.3. The summed E-state index contributed by atoms with van der Waals surface area (Å²) in [6.45, 7) is 2.90. The topological polar surface area (TPSA) is 23.6 Å². The van der Waals surface area contributed by atoms with E-state index < -0.39 is 0 Å². The van der Waals surface area contributed by atoms with Crippen molar-refractivity contribution in [3.63, 3.8) is 0 Å². The molecule has 0 radical (unpaired) electrons. The number of carbonyl (C=O) groups is 1. The summed E-state index contributed by atoms with van der Waals surface area (Å²) in [7, 11) is 1.89. The molecule has 24 heavy (non-hydrogen) atoms. The van der Waals surface area contributed by atoms with Crippen molar-refractivity contribution in [1.29, 1.82) is 0 Å². The second-order valence-corrected chi connectivity index (χ2v) is 8.08. The third-order valence-corrected chi connectivity index (χ3v) is 5.78. The Hall–Kier alpha value is -1.52. The smallest absolute Gasteiger partial charge is 0.222 e. The number of thiophene rings is 1. The SMILES string of the molecule is CN(Cc1ccccc1N1CCCC1)C(=O)CCc1ccc(Cl)s1. The predicted molar refractivity (Wildman–Crippen MR) is 102 cm³/mol.